The van der Waals surface area contributed by atoms with Crippen LogP contribution in [0.1, 0.15) is 16.8 Å². The Morgan fingerprint density at radius 3 is 1.76 bits per heavy atom. The maximum absolute atomic E-state index is 12.7. The summed E-state index contributed by atoms with van der Waals surface area (Å²) in [6, 6.07) is 0.992. The van der Waals surface area contributed by atoms with Crippen molar-refractivity contribution in [1.82, 2.24) is 4.98 Å². The molecule has 9 heteroatoms. The van der Waals surface area contributed by atoms with Crippen LogP contribution in [0, 0.1) is 6.92 Å². The summed E-state index contributed by atoms with van der Waals surface area (Å²) >= 11 is 0. The van der Waals surface area contributed by atoms with Crippen molar-refractivity contribution >= 4 is 0 Å². The highest BCUT2D eigenvalue weighted by molar-refractivity contribution is 5.62. The highest BCUT2D eigenvalue weighted by atomic mass is 19.4. The summed E-state index contributed by atoms with van der Waals surface area (Å²) in [5.41, 5.74) is -3.40. The zero-order chi connectivity index (χ0) is 16.0. The standard InChI is InChI=1S/C12H7F6NO2/c1-5-9(21-10(20)19-5)6-2-7(11(13,14)15)4-8(3-6)12(16,17)18/h2-4H,1H3,(H,19,20). The van der Waals surface area contributed by atoms with Crippen LogP contribution in [0.3, 0.4) is 0 Å². The highest BCUT2D eigenvalue weighted by Gasteiger charge is 2.37. The molecule has 0 spiro atoms. The predicted octanol–water partition coefficient (Wildman–Crippen LogP) is 3.98. The predicted molar refractivity (Wildman–Crippen MR) is 59.5 cm³/mol. The lowest BCUT2D eigenvalue weighted by atomic mass is 10.0. The van der Waals surface area contributed by atoms with Crippen molar-refractivity contribution in [3.05, 3.63) is 45.6 Å². The van der Waals surface area contributed by atoms with Crippen LogP contribution in [0.15, 0.2) is 27.4 Å². The average molecular weight is 311 g/mol. The zero-order valence-electron chi connectivity index (χ0n) is 10.3. The summed E-state index contributed by atoms with van der Waals surface area (Å²) in [6.07, 6.45) is -9.92. The Hall–Kier alpha value is -2.19. The van der Waals surface area contributed by atoms with Crippen molar-refractivity contribution in [3.63, 3.8) is 0 Å². The minimum Gasteiger partial charge on any atom is -0.408 e. The van der Waals surface area contributed by atoms with E-state index in [1.807, 2.05) is 0 Å². The molecule has 0 amide bonds. The number of aromatic nitrogens is 1. The molecule has 1 aromatic carbocycles. The van der Waals surface area contributed by atoms with Crippen LogP contribution >= 0.6 is 0 Å². The van der Waals surface area contributed by atoms with Gasteiger partial charge in [-0.1, -0.05) is 0 Å². The first kappa shape index (κ1) is 15.2. The van der Waals surface area contributed by atoms with E-state index in [0.717, 1.165) is 0 Å². The highest BCUT2D eigenvalue weighted by Crippen LogP contribution is 2.38. The van der Waals surface area contributed by atoms with Crippen molar-refractivity contribution in [1.29, 1.82) is 0 Å². The van der Waals surface area contributed by atoms with Crippen molar-refractivity contribution < 1.29 is 30.8 Å². The summed E-state index contributed by atoms with van der Waals surface area (Å²) in [4.78, 5) is 13.1. The number of hydrogen-bond acceptors (Lipinski definition) is 2. The Morgan fingerprint density at radius 2 is 1.43 bits per heavy atom. The van der Waals surface area contributed by atoms with Crippen molar-refractivity contribution in [3.8, 4) is 11.3 Å². The van der Waals surface area contributed by atoms with Crippen LogP contribution in [-0.4, -0.2) is 4.98 Å². The van der Waals surface area contributed by atoms with E-state index in [1.54, 1.807) is 0 Å². The number of aryl methyl sites for hydroxylation is 1. The van der Waals surface area contributed by atoms with Gasteiger partial charge in [0.15, 0.2) is 5.76 Å². The van der Waals surface area contributed by atoms with E-state index in [-0.39, 0.29) is 17.5 Å². The van der Waals surface area contributed by atoms with Crippen LogP contribution in [0.5, 0.6) is 0 Å². The minimum atomic E-state index is -4.96. The third kappa shape index (κ3) is 3.11. The summed E-state index contributed by atoms with van der Waals surface area (Å²) < 4.78 is 80.7. The zero-order valence-corrected chi connectivity index (χ0v) is 10.3. The molecule has 114 valence electrons. The molecule has 0 unspecified atom stereocenters. The molecule has 0 aliphatic rings. The van der Waals surface area contributed by atoms with Crippen LogP contribution in [0.2, 0.25) is 0 Å². The summed E-state index contributed by atoms with van der Waals surface area (Å²) in [6.45, 7) is 1.30. The molecule has 1 aromatic heterocycles. The van der Waals surface area contributed by atoms with E-state index in [1.165, 1.54) is 6.92 Å². The number of hydrogen-bond donors (Lipinski definition) is 1. The number of H-pyrrole nitrogens is 1. The number of alkyl halides is 6. The van der Waals surface area contributed by atoms with E-state index in [0.29, 0.717) is 12.1 Å². The lowest BCUT2D eigenvalue weighted by Crippen LogP contribution is -2.11. The molecule has 2 aromatic rings. The third-order valence-corrected chi connectivity index (χ3v) is 2.67. The topological polar surface area (TPSA) is 46.0 Å². The molecule has 0 radical (unpaired) electrons. The number of nitrogens with one attached hydrogen (secondary N) is 1. The smallest absolute Gasteiger partial charge is 0.408 e. The lowest BCUT2D eigenvalue weighted by Gasteiger charge is -2.13. The van der Waals surface area contributed by atoms with Gasteiger partial charge in [0, 0.05) is 5.56 Å². The number of rotatable bonds is 1. The van der Waals surface area contributed by atoms with Gasteiger partial charge in [0.25, 0.3) is 0 Å². The molecule has 0 aliphatic carbocycles. The molecule has 0 bridgehead atoms. The maximum Gasteiger partial charge on any atom is 0.417 e. The lowest BCUT2D eigenvalue weighted by molar-refractivity contribution is -0.143. The van der Waals surface area contributed by atoms with Crippen LogP contribution in [0.4, 0.5) is 26.3 Å². The van der Waals surface area contributed by atoms with Crippen molar-refractivity contribution in [2.24, 2.45) is 0 Å². The number of halogens is 6. The van der Waals surface area contributed by atoms with E-state index in [4.69, 9.17) is 0 Å². The minimum absolute atomic E-state index is 0.00357. The van der Waals surface area contributed by atoms with E-state index < -0.39 is 34.8 Å². The molecular formula is C12H7F6NO2. The Morgan fingerprint density at radius 1 is 0.952 bits per heavy atom. The summed E-state index contributed by atoms with van der Waals surface area (Å²) in [5, 5.41) is 0. The van der Waals surface area contributed by atoms with Crippen molar-refractivity contribution in [2.75, 3.05) is 0 Å². The second-order valence-corrected chi connectivity index (χ2v) is 4.26. The molecule has 3 nitrogen and oxygen atoms in total. The number of oxazole rings is 1. The van der Waals surface area contributed by atoms with Gasteiger partial charge in [0.05, 0.1) is 16.8 Å². The number of aromatic amines is 1. The van der Waals surface area contributed by atoms with Gasteiger partial charge in [0.1, 0.15) is 0 Å². The summed E-state index contributed by atoms with van der Waals surface area (Å²) in [7, 11) is 0. The van der Waals surface area contributed by atoms with Gasteiger partial charge in [-0.2, -0.15) is 26.3 Å². The van der Waals surface area contributed by atoms with Gasteiger partial charge in [-0.15, -0.1) is 0 Å². The second kappa shape index (κ2) is 4.68. The SMILES string of the molecule is Cc1[nH]c(=O)oc1-c1cc(C(F)(F)F)cc(C(F)(F)F)c1. The molecule has 0 saturated heterocycles. The van der Waals surface area contributed by atoms with Gasteiger partial charge in [-0.05, 0) is 25.1 Å². The summed E-state index contributed by atoms with van der Waals surface area (Å²) in [5.74, 6) is -1.33. The van der Waals surface area contributed by atoms with Crippen molar-refractivity contribution in [2.45, 2.75) is 19.3 Å². The second-order valence-electron chi connectivity index (χ2n) is 4.26. The largest absolute Gasteiger partial charge is 0.417 e. The molecule has 1 N–H and O–H groups in total. The molecule has 0 fully saturated rings. The Labute approximate surface area is 113 Å². The van der Waals surface area contributed by atoms with Crippen LogP contribution < -0.4 is 5.76 Å². The molecular weight excluding hydrogens is 304 g/mol. The quantitative estimate of drug-likeness (QED) is 0.810. The van der Waals surface area contributed by atoms with Gasteiger partial charge in [0.2, 0.25) is 0 Å². The molecule has 0 aliphatic heterocycles. The Balaban J connectivity index is 2.72. The molecule has 2 rings (SSSR count). The average Bonchev–Trinajstić information content (AvgIpc) is 2.65. The molecule has 1 heterocycles. The molecule has 21 heavy (non-hydrogen) atoms. The molecule has 0 atom stereocenters. The number of benzene rings is 1. The monoisotopic (exact) mass is 311 g/mol. The van der Waals surface area contributed by atoms with Gasteiger partial charge >= 0.3 is 18.1 Å². The van der Waals surface area contributed by atoms with Gasteiger partial charge in [-0.25, -0.2) is 4.79 Å². The maximum atomic E-state index is 12.7. The third-order valence-electron chi connectivity index (χ3n) is 2.67. The fourth-order valence-corrected chi connectivity index (χ4v) is 1.77. The van der Waals surface area contributed by atoms with E-state index in [9.17, 15) is 31.1 Å². The Bertz CT molecular complexity index is 690. The van der Waals surface area contributed by atoms with E-state index in [2.05, 4.69) is 9.40 Å². The fraction of sp³-hybridized carbons (Fsp3) is 0.250. The molecule has 0 saturated carbocycles. The first-order valence-corrected chi connectivity index (χ1v) is 5.48. The first-order chi connectivity index (χ1) is 9.48. The van der Waals surface area contributed by atoms with Crippen LogP contribution in [0.25, 0.3) is 11.3 Å². The van der Waals surface area contributed by atoms with Crippen LogP contribution in [-0.2, 0) is 12.4 Å². The van der Waals surface area contributed by atoms with Gasteiger partial charge < -0.3 is 4.42 Å². The fourth-order valence-electron chi connectivity index (χ4n) is 1.77. The Kier molecular flexibility index (Phi) is 3.38. The van der Waals surface area contributed by atoms with Gasteiger partial charge in [-0.3, -0.25) is 4.98 Å². The van der Waals surface area contributed by atoms with E-state index >= 15 is 0 Å². The first-order valence-electron chi connectivity index (χ1n) is 5.48. The normalized spacial score (nSPS) is 12.7.